The van der Waals surface area contributed by atoms with Gasteiger partial charge >= 0.3 is 12.0 Å². The maximum Gasteiger partial charge on any atom is 0.323 e. The Morgan fingerprint density at radius 1 is 1.43 bits per heavy atom. The summed E-state index contributed by atoms with van der Waals surface area (Å²) in [6.07, 6.45) is 6.30. The number of urea groups is 1. The lowest BCUT2D eigenvalue weighted by atomic mass is 10.1. The van der Waals surface area contributed by atoms with Gasteiger partial charge < -0.3 is 10.4 Å². The van der Waals surface area contributed by atoms with Gasteiger partial charge in [-0.3, -0.25) is 9.69 Å². The molecule has 0 radical (unpaired) electrons. The van der Waals surface area contributed by atoms with Crippen molar-refractivity contribution in [2.45, 2.75) is 25.8 Å². The lowest BCUT2D eigenvalue weighted by molar-refractivity contribution is -0.135. The molecule has 2 amide bonds. The number of carbonyl (C=O) groups is 2. The average Bonchev–Trinajstić information content (AvgIpc) is 2.45. The van der Waals surface area contributed by atoms with Crippen molar-refractivity contribution in [2.75, 3.05) is 11.4 Å². The molecule has 6 heteroatoms. The van der Waals surface area contributed by atoms with Crippen LogP contribution in [0.4, 0.5) is 10.5 Å². The number of rotatable bonds is 6. The van der Waals surface area contributed by atoms with E-state index in [0.29, 0.717) is 23.6 Å². The van der Waals surface area contributed by atoms with E-state index in [2.05, 4.69) is 11.2 Å². The van der Waals surface area contributed by atoms with E-state index in [1.165, 1.54) is 0 Å². The number of carboxylic acids is 1. The van der Waals surface area contributed by atoms with Crippen LogP contribution in [0.25, 0.3) is 0 Å². The number of halogens is 1. The van der Waals surface area contributed by atoms with Crippen LogP contribution in [-0.4, -0.2) is 29.7 Å². The number of benzene rings is 1. The summed E-state index contributed by atoms with van der Waals surface area (Å²) < 4.78 is 0. The van der Waals surface area contributed by atoms with Gasteiger partial charge in [0.1, 0.15) is 6.54 Å². The molecule has 2 N–H and O–H groups in total. The Hall–Kier alpha value is -2.19. The van der Waals surface area contributed by atoms with E-state index in [0.717, 1.165) is 4.90 Å². The Labute approximate surface area is 128 Å². The molecule has 1 rings (SSSR count). The van der Waals surface area contributed by atoms with Crippen LogP contribution in [0.3, 0.4) is 0 Å². The quantitative estimate of drug-likeness (QED) is 0.794. The van der Waals surface area contributed by atoms with E-state index in [4.69, 9.17) is 23.1 Å². The molecule has 0 saturated heterocycles. The van der Waals surface area contributed by atoms with Gasteiger partial charge in [0.2, 0.25) is 0 Å². The first-order valence-corrected chi connectivity index (χ1v) is 6.84. The minimum absolute atomic E-state index is 0.189. The van der Waals surface area contributed by atoms with E-state index >= 15 is 0 Å². The predicted octanol–water partition coefficient (Wildman–Crippen LogP) is 2.74. The molecule has 1 atom stereocenters. The predicted molar refractivity (Wildman–Crippen MR) is 82.5 cm³/mol. The molecular weight excluding hydrogens is 292 g/mol. The van der Waals surface area contributed by atoms with Crippen molar-refractivity contribution < 1.29 is 14.7 Å². The maximum atomic E-state index is 12.3. The Morgan fingerprint density at radius 2 is 2.05 bits per heavy atom. The van der Waals surface area contributed by atoms with Gasteiger partial charge in [0, 0.05) is 23.2 Å². The van der Waals surface area contributed by atoms with Crippen molar-refractivity contribution in [3.8, 4) is 12.3 Å². The third kappa shape index (κ3) is 5.36. The highest BCUT2D eigenvalue weighted by Crippen LogP contribution is 2.18. The Bertz CT molecular complexity index is 537. The fourth-order valence-corrected chi connectivity index (χ4v) is 1.85. The molecule has 1 aromatic rings. The van der Waals surface area contributed by atoms with E-state index in [-0.39, 0.29) is 6.04 Å². The summed E-state index contributed by atoms with van der Waals surface area (Å²) in [5, 5.41) is 12.2. The van der Waals surface area contributed by atoms with Gasteiger partial charge in [0.25, 0.3) is 0 Å². The molecule has 0 aliphatic rings. The average molecular weight is 309 g/mol. The molecule has 0 bridgehead atoms. The third-order valence-electron chi connectivity index (χ3n) is 2.86. The van der Waals surface area contributed by atoms with Crippen molar-refractivity contribution in [1.82, 2.24) is 5.32 Å². The van der Waals surface area contributed by atoms with Crippen LogP contribution in [0, 0.1) is 12.3 Å². The number of aliphatic carboxylic acids is 1. The first-order chi connectivity index (χ1) is 9.97. The monoisotopic (exact) mass is 308 g/mol. The van der Waals surface area contributed by atoms with Gasteiger partial charge in [-0.15, -0.1) is 12.3 Å². The van der Waals surface area contributed by atoms with Gasteiger partial charge in [0.15, 0.2) is 0 Å². The molecule has 0 aliphatic carbocycles. The zero-order valence-electron chi connectivity index (χ0n) is 11.7. The number of nitrogens with zero attached hydrogens (tertiary/aromatic N) is 1. The van der Waals surface area contributed by atoms with E-state index in [9.17, 15) is 9.59 Å². The van der Waals surface area contributed by atoms with Crippen LogP contribution in [0.1, 0.15) is 19.8 Å². The van der Waals surface area contributed by atoms with Crippen LogP contribution < -0.4 is 10.2 Å². The second-order valence-electron chi connectivity index (χ2n) is 4.42. The molecule has 21 heavy (non-hydrogen) atoms. The van der Waals surface area contributed by atoms with Crippen molar-refractivity contribution in [2.24, 2.45) is 0 Å². The zero-order valence-corrected chi connectivity index (χ0v) is 12.4. The standard InChI is InChI=1S/C15H17ClN2O3/c1-3-5-12(4-2)17-15(21)18(10-14(19)20)13-8-6-11(16)7-9-13/h1,6-9,12H,4-5,10H2,2H3,(H,17,21)(H,19,20). The van der Waals surface area contributed by atoms with E-state index in [1.807, 2.05) is 6.92 Å². The van der Waals surface area contributed by atoms with E-state index in [1.54, 1.807) is 24.3 Å². The molecule has 112 valence electrons. The number of carbonyl (C=O) groups excluding carboxylic acids is 1. The summed E-state index contributed by atoms with van der Waals surface area (Å²) in [4.78, 5) is 24.4. The maximum absolute atomic E-state index is 12.3. The molecule has 5 nitrogen and oxygen atoms in total. The summed E-state index contributed by atoms with van der Waals surface area (Å²) in [6, 6.07) is 5.68. The molecular formula is C15H17ClN2O3. The fraction of sp³-hybridized carbons (Fsp3) is 0.333. The van der Waals surface area contributed by atoms with Gasteiger partial charge in [-0.2, -0.15) is 0 Å². The molecule has 0 aromatic heterocycles. The smallest absolute Gasteiger partial charge is 0.323 e. The molecule has 0 aliphatic heterocycles. The van der Waals surface area contributed by atoms with Crippen molar-refractivity contribution in [1.29, 1.82) is 0 Å². The largest absolute Gasteiger partial charge is 0.480 e. The lowest BCUT2D eigenvalue weighted by Gasteiger charge is -2.24. The van der Waals surface area contributed by atoms with Crippen LogP contribution in [0.2, 0.25) is 5.02 Å². The Kier molecular flexibility index (Phi) is 6.57. The number of carboxylic acid groups (broad SMARTS) is 1. The molecule has 0 spiro atoms. The zero-order chi connectivity index (χ0) is 15.8. The minimum atomic E-state index is -1.11. The van der Waals surface area contributed by atoms with Crippen molar-refractivity contribution in [3.05, 3.63) is 29.3 Å². The van der Waals surface area contributed by atoms with Crippen LogP contribution in [-0.2, 0) is 4.79 Å². The lowest BCUT2D eigenvalue weighted by Crippen LogP contribution is -2.46. The third-order valence-corrected chi connectivity index (χ3v) is 3.11. The molecule has 0 fully saturated rings. The second-order valence-corrected chi connectivity index (χ2v) is 4.86. The summed E-state index contributed by atoms with van der Waals surface area (Å²) in [5.41, 5.74) is 0.454. The number of terminal acetylenes is 1. The number of nitrogens with one attached hydrogen (secondary N) is 1. The van der Waals surface area contributed by atoms with Crippen molar-refractivity contribution >= 4 is 29.3 Å². The van der Waals surface area contributed by atoms with Gasteiger partial charge in [-0.1, -0.05) is 18.5 Å². The topological polar surface area (TPSA) is 69.6 Å². The summed E-state index contributed by atoms with van der Waals surface area (Å²) in [7, 11) is 0. The number of anilines is 1. The summed E-state index contributed by atoms with van der Waals surface area (Å²) >= 11 is 5.79. The van der Waals surface area contributed by atoms with E-state index < -0.39 is 18.5 Å². The Morgan fingerprint density at radius 3 is 2.52 bits per heavy atom. The summed E-state index contributed by atoms with van der Waals surface area (Å²) in [5.74, 6) is 1.38. The highest BCUT2D eigenvalue weighted by Gasteiger charge is 2.20. The van der Waals surface area contributed by atoms with Gasteiger partial charge in [-0.05, 0) is 30.7 Å². The van der Waals surface area contributed by atoms with Crippen LogP contribution >= 0.6 is 11.6 Å². The molecule has 0 saturated carbocycles. The van der Waals surface area contributed by atoms with Crippen molar-refractivity contribution in [3.63, 3.8) is 0 Å². The first-order valence-electron chi connectivity index (χ1n) is 6.46. The molecule has 1 aromatic carbocycles. The minimum Gasteiger partial charge on any atom is -0.480 e. The summed E-state index contributed by atoms with van der Waals surface area (Å²) in [6.45, 7) is 1.45. The fourth-order valence-electron chi connectivity index (χ4n) is 1.73. The SMILES string of the molecule is C#CCC(CC)NC(=O)N(CC(=O)O)c1ccc(Cl)cc1. The highest BCUT2D eigenvalue weighted by atomic mass is 35.5. The van der Waals surface area contributed by atoms with Crippen LogP contribution in [0.5, 0.6) is 0 Å². The van der Waals surface area contributed by atoms with Gasteiger partial charge in [0.05, 0.1) is 0 Å². The highest BCUT2D eigenvalue weighted by molar-refractivity contribution is 6.30. The number of amides is 2. The number of hydrogen-bond donors (Lipinski definition) is 2. The normalized spacial score (nSPS) is 11.3. The first kappa shape index (κ1) is 16.9. The Balaban J connectivity index is 2.91. The second kappa shape index (κ2) is 8.18. The van der Waals surface area contributed by atoms with Crippen LogP contribution in [0.15, 0.2) is 24.3 Å². The number of hydrogen-bond acceptors (Lipinski definition) is 2. The van der Waals surface area contributed by atoms with Gasteiger partial charge in [-0.25, -0.2) is 4.79 Å². The molecule has 1 unspecified atom stereocenters. The molecule has 0 heterocycles.